The number of nitrogens with zero attached hydrogens (tertiary/aromatic N) is 3. The van der Waals surface area contributed by atoms with Crippen LogP contribution in [0.15, 0.2) is 10.6 Å². The zero-order valence-electron chi connectivity index (χ0n) is 12.8. The number of alkyl halides is 2. The highest BCUT2D eigenvalue weighted by Gasteiger charge is 2.38. The maximum Gasteiger partial charge on any atom is 0.328 e. The van der Waals surface area contributed by atoms with Gasteiger partial charge in [-0.2, -0.15) is 0 Å². The number of carbonyl (C=O) groups excluding carboxylic acids is 1. The minimum atomic E-state index is -0.879. The highest BCUT2D eigenvalue weighted by atomic mass is 79.9. The molecule has 1 aromatic rings. The average molecular weight is 439 g/mol. The van der Waals surface area contributed by atoms with E-state index in [-0.39, 0.29) is 11.4 Å². The number of hydrogen-bond donors (Lipinski definition) is 1. The van der Waals surface area contributed by atoms with Crippen molar-refractivity contribution in [2.45, 2.75) is 32.9 Å². The van der Waals surface area contributed by atoms with Gasteiger partial charge in [-0.3, -0.25) is 0 Å². The molecule has 0 spiro atoms. The van der Waals surface area contributed by atoms with E-state index in [1.165, 1.54) is 4.90 Å². The largest absolute Gasteiger partial charge is 0.371 e. The van der Waals surface area contributed by atoms with E-state index < -0.39 is 6.23 Å². The first-order valence-corrected chi connectivity index (χ1v) is 9.52. The molecule has 0 bridgehead atoms. The van der Waals surface area contributed by atoms with Gasteiger partial charge in [0, 0.05) is 29.7 Å². The molecule has 8 heteroatoms. The van der Waals surface area contributed by atoms with Crippen LogP contribution in [0.25, 0.3) is 0 Å². The van der Waals surface area contributed by atoms with Gasteiger partial charge in [0.2, 0.25) is 0 Å². The molecule has 0 aliphatic carbocycles. The van der Waals surface area contributed by atoms with Crippen molar-refractivity contribution in [3.63, 3.8) is 0 Å². The number of β-amino-alcohol motifs (C(OH)–C–C–N with tert-alkyl or cyclic N) is 1. The molecule has 6 nitrogen and oxygen atoms in total. The van der Waals surface area contributed by atoms with E-state index in [4.69, 9.17) is 4.52 Å². The Kier molecular flexibility index (Phi) is 5.90. The third-order valence-electron chi connectivity index (χ3n) is 3.69. The summed E-state index contributed by atoms with van der Waals surface area (Å²) < 4.78 is 5.35. The molecule has 0 saturated carbocycles. The van der Waals surface area contributed by atoms with Crippen LogP contribution in [0.1, 0.15) is 26.0 Å². The van der Waals surface area contributed by atoms with Gasteiger partial charge in [0.1, 0.15) is 5.76 Å². The number of amides is 2. The predicted molar refractivity (Wildman–Crippen MR) is 91.6 cm³/mol. The van der Waals surface area contributed by atoms with Gasteiger partial charge in [-0.15, -0.1) is 0 Å². The Morgan fingerprint density at radius 3 is 2.77 bits per heavy atom. The minimum Gasteiger partial charge on any atom is -0.371 e. The van der Waals surface area contributed by atoms with Crippen molar-refractivity contribution < 1.29 is 14.4 Å². The van der Waals surface area contributed by atoms with Crippen LogP contribution in [-0.2, 0) is 6.42 Å². The summed E-state index contributed by atoms with van der Waals surface area (Å²) in [6.07, 6.45) is 0.661. The Labute approximate surface area is 147 Å². The fraction of sp³-hybridized carbons (Fsp3) is 0.714. The number of anilines is 1. The molecule has 1 aliphatic heterocycles. The van der Waals surface area contributed by atoms with Crippen LogP contribution in [0.5, 0.6) is 0 Å². The minimum absolute atomic E-state index is 0.00131. The number of carbonyl (C=O) groups is 1. The summed E-state index contributed by atoms with van der Waals surface area (Å²) in [6, 6.07) is 1.51. The Morgan fingerprint density at radius 1 is 1.50 bits per heavy atom. The highest BCUT2D eigenvalue weighted by Crippen LogP contribution is 2.30. The molecule has 1 saturated heterocycles. The number of rotatable bonds is 7. The van der Waals surface area contributed by atoms with E-state index >= 15 is 0 Å². The summed E-state index contributed by atoms with van der Waals surface area (Å²) in [4.78, 5) is 15.2. The molecular weight excluding hydrogens is 418 g/mol. The van der Waals surface area contributed by atoms with Crippen molar-refractivity contribution in [2.75, 3.05) is 28.6 Å². The molecule has 1 N–H and O–H groups in total. The summed E-state index contributed by atoms with van der Waals surface area (Å²) in [5.41, 5.74) is -0.00131. The van der Waals surface area contributed by atoms with E-state index in [2.05, 4.69) is 43.9 Å². The van der Waals surface area contributed by atoms with Crippen molar-refractivity contribution in [2.24, 2.45) is 5.41 Å². The number of aliphatic hydroxyl groups excluding tert-OH is 1. The van der Waals surface area contributed by atoms with E-state index in [0.29, 0.717) is 31.1 Å². The Balaban J connectivity index is 2.13. The molecule has 1 unspecified atom stereocenters. The second kappa shape index (κ2) is 7.31. The van der Waals surface area contributed by atoms with E-state index in [1.54, 1.807) is 11.0 Å². The molecule has 0 radical (unpaired) electrons. The number of aliphatic hydroxyl groups is 1. The predicted octanol–water partition coefficient (Wildman–Crippen LogP) is 2.98. The molecule has 0 aromatic carbocycles. The molecular formula is C14H21Br2N3O3. The number of hydrogen-bond acceptors (Lipinski definition) is 4. The zero-order valence-corrected chi connectivity index (χ0v) is 15.9. The maximum absolute atomic E-state index is 12.3. The van der Waals surface area contributed by atoms with E-state index in [1.807, 2.05) is 6.92 Å². The van der Waals surface area contributed by atoms with Gasteiger partial charge in [0.15, 0.2) is 12.0 Å². The summed E-state index contributed by atoms with van der Waals surface area (Å²) in [6.45, 7) is 5.05. The average Bonchev–Trinajstić information content (AvgIpc) is 3.04. The lowest BCUT2D eigenvalue weighted by Crippen LogP contribution is -2.35. The zero-order chi connectivity index (χ0) is 16.3. The van der Waals surface area contributed by atoms with Crippen molar-refractivity contribution in [3.8, 4) is 0 Å². The summed E-state index contributed by atoms with van der Waals surface area (Å²) in [5, 5.41) is 15.7. The molecule has 124 valence electrons. The quantitative estimate of drug-likeness (QED) is 0.664. The SMILES string of the molecule is CCCN1CC(O)N(c2cc(CC(C)(CBr)CBr)on2)C1=O. The molecule has 2 heterocycles. The molecule has 22 heavy (non-hydrogen) atoms. The maximum atomic E-state index is 12.3. The smallest absolute Gasteiger partial charge is 0.328 e. The topological polar surface area (TPSA) is 69.8 Å². The summed E-state index contributed by atoms with van der Waals surface area (Å²) in [5.74, 6) is 1.07. The molecule has 2 amide bonds. The van der Waals surface area contributed by atoms with Crippen molar-refractivity contribution in [3.05, 3.63) is 11.8 Å². The normalized spacial score (nSPS) is 19.3. The van der Waals surface area contributed by atoms with Gasteiger partial charge in [-0.05, 0) is 11.8 Å². The lowest BCUT2D eigenvalue weighted by Gasteiger charge is -2.22. The Morgan fingerprint density at radius 2 is 2.18 bits per heavy atom. The van der Waals surface area contributed by atoms with Crippen LogP contribution in [0.2, 0.25) is 0 Å². The lowest BCUT2D eigenvalue weighted by atomic mass is 9.91. The van der Waals surface area contributed by atoms with Crippen molar-refractivity contribution >= 4 is 43.7 Å². The second-order valence-corrected chi connectivity index (χ2v) is 7.11. The molecule has 1 aliphatic rings. The van der Waals surface area contributed by atoms with Gasteiger partial charge in [0.25, 0.3) is 0 Å². The molecule has 1 fully saturated rings. The first-order valence-electron chi connectivity index (χ1n) is 7.28. The first kappa shape index (κ1) is 17.7. The Bertz CT molecular complexity index is 519. The number of urea groups is 1. The summed E-state index contributed by atoms with van der Waals surface area (Å²) >= 11 is 7.01. The van der Waals surface area contributed by atoms with Crippen LogP contribution in [0, 0.1) is 5.41 Å². The van der Waals surface area contributed by atoms with Crippen LogP contribution in [0.4, 0.5) is 10.6 Å². The van der Waals surface area contributed by atoms with Crippen LogP contribution >= 0.6 is 31.9 Å². The van der Waals surface area contributed by atoms with Crippen molar-refractivity contribution in [1.29, 1.82) is 0 Å². The van der Waals surface area contributed by atoms with Gasteiger partial charge in [0.05, 0.1) is 6.54 Å². The van der Waals surface area contributed by atoms with Gasteiger partial charge < -0.3 is 14.5 Å². The van der Waals surface area contributed by atoms with Crippen LogP contribution in [-0.4, -0.2) is 51.2 Å². The fourth-order valence-electron chi connectivity index (χ4n) is 2.39. The summed E-state index contributed by atoms with van der Waals surface area (Å²) in [7, 11) is 0. The third kappa shape index (κ3) is 3.65. The van der Waals surface area contributed by atoms with Crippen LogP contribution in [0.3, 0.4) is 0 Å². The van der Waals surface area contributed by atoms with Crippen molar-refractivity contribution in [1.82, 2.24) is 10.1 Å². The first-order chi connectivity index (χ1) is 10.4. The second-order valence-electron chi connectivity index (χ2n) is 5.99. The number of halogens is 2. The molecule has 2 rings (SSSR count). The van der Waals surface area contributed by atoms with Crippen LogP contribution < -0.4 is 4.90 Å². The highest BCUT2D eigenvalue weighted by molar-refractivity contribution is 9.09. The van der Waals surface area contributed by atoms with E-state index in [9.17, 15) is 9.90 Å². The standard InChI is InChI=1S/C14H21Br2N3O3/c1-3-4-18-7-12(20)19(13(18)21)11-5-10(22-17-11)6-14(2,8-15)9-16/h5,12,20H,3-4,6-9H2,1-2H3. The Hall–Kier alpha value is -0.600. The lowest BCUT2D eigenvalue weighted by molar-refractivity contribution is 0.176. The van der Waals surface area contributed by atoms with Gasteiger partial charge in [-0.25, -0.2) is 9.69 Å². The monoisotopic (exact) mass is 437 g/mol. The van der Waals surface area contributed by atoms with Gasteiger partial charge >= 0.3 is 6.03 Å². The van der Waals surface area contributed by atoms with Gasteiger partial charge in [-0.1, -0.05) is 50.9 Å². The number of aromatic nitrogens is 1. The fourth-order valence-corrected chi connectivity index (χ4v) is 3.72. The van der Waals surface area contributed by atoms with E-state index in [0.717, 1.165) is 17.1 Å². The third-order valence-corrected chi connectivity index (χ3v) is 6.40. The molecule has 1 atom stereocenters. The molecule has 1 aromatic heterocycles.